The summed E-state index contributed by atoms with van der Waals surface area (Å²) in [5.74, 6) is -1.38. The third kappa shape index (κ3) is 3.26. The fourth-order valence-corrected chi connectivity index (χ4v) is 3.89. The van der Waals surface area contributed by atoms with Gasteiger partial charge in [-0.1, -0.05) is 33.6 Å². The Morgan fingerprint density at radius 2 is 2.00 bits per heavy atom. The van der Waals surface area contributed by atoms with Crippen LogP contribution in [-0.2, 0) is 11.2 Å². The van der Waals surface area contributed by atoms with Crippen LogP contribution in [0.1, 0.15) is 21.6 Å². The highest BCUT2D eigenvalue weighted by Crippen LogP contribution is 2.32. The number of H-pyrrole nitrogens is 1. The molecule has 1 amide bonds. The van der Waals surface area contributed by atoms with Gasteiger partial charge in [0.15, 0.2) is 0 Å². The van der Waals surface area contributed by atoms with Gasteiger partial charge in [0.1, 0.15) is 0 Å². The highest BCUT2D eigenvalue weighted by molar-refractivity contribution is 9.10. The molecule has 2 N–H and O–H groups in total. The molecular weight excluding hydrogens is 432 g/mol. The zero-order chi connectivity index (χ0) is 19.1. The Morgan fingerprint density at radius 1 is 1.19 bits per heavy atom. The van der Waals surface area contributed by atoms with E-state index in [0.29, 0.717) is 29.2 Å². The summed E-state index contributed by atoms with van der Waals surface area (Å²) < 4.78 is 0.911. The Bertz CT molecular complexity index is 1120. The SMILES string of the molecule is O=C(O)C1=CN(C(=O)c2cccc(Cl)c2)CCc2c1[nH]c1ccc(Br)cc21. The lowest BCUT2D eigenvalue weighted by Crippen LogP contribution is -2.27. The van der Waals surface area contributed by atoms with Crippen LogP contribution in [0.15, 0.2) is 53.1 Å². The third-order valence-corrected chi connectivity index (χ3v) is 5.32. The second kappa shape index (κ2) is 6.87. The number of hydrogen-bond acceptors (Lipinski definition) is 2. The molecule has 2 aromatic carbocycles. The lowest BCUT2D eigenvalue weighted by molar-refractivity contribution is -0.130. The molecule has 0 spiro atoms. The summed E-state index contributed by atoms with van der Waals surface area (Å²) in [6.45, 7) is 0.370. The quantitative estimate of drug-likeness (QED) is 0.600. The normalized spacial score (nSPS) is 13.9. The number of carboxylic acids is 1. The summed E-state index contributed by atoms with van der Waals surface area (Å²) in [5, 5.41) is 11.2. The summed E-state index contributed by atoms with van der Waals surface area (Å²) in [7, 11) is 0. The van der Waals surface area contributed by atoms with Crippen molar-refractivity contribution in [1.29, 1.82) is 0 Å². The molecule has 1 aliphatic rings. The van der Waals surface area contributed by atoms with Gasteiger partial charge in [0.25, 0.3) is 5.91 Å². The molecule has 0 bridgehead atoms. The first-order chi connectivity index (χ1) is 12.9. The summed E-state index contributed by atoms with van der Waals surface area (Å²) in [5.41, 5.74) is 2.77. The number of aromatic amines is 1. The second-order valence-corrected chi connectivity index (χ2v) is 7.63. The van der Waals surface area contributed by atoms with Gasteiger partial charge in [0, 0.05) is 38.7 Å². The molecule has 5 nitrogen and oxygen atoms in total. The van der Waals surface area contributed by atoms with Crippen molar-refractivity contribution in [1.82, 2.24) is 9.88 Å². The minimum Gasteiger partial charge on any atom is -0.478 e. The number of carbonyl (C=O) groups is 2. The maximum atomic E-state index is 12.9. The molecule has 4 rings (SSSR count). The van der Waals surface area contributed by atoms with E-state index in [-0.39, 0.29) is 11.5 Å². The number of carbonyl (C=O) groups excluding carboxylic acids is 1. The predicted molar refractivity (Wildman–Crippen MR) is 108 cm³/mol. The van der Waals surface area contributed by atoms with Crippen molar-refractivity contribution >= 4 is 55.9 Å². The third-order valence-electron chi connectivity index (χ3n) is 4.59. The molecule has 7 heteroatoms. The van der Waals surface area contributed by atoms with Gasteiger partial charge < -0.3 is 15.0 Å². The van der Waals surface area contributed by atoms with E-state index in [1.807, 2.05) is 18.2 Å². The fraction of sp³-hybridized carbons (Fsp3) is 0.100. The van der Waals surface area contributed by atoms with Crippen LogP contribution in [0.25, 0.3) is 16.5 Å². The van der Waals surface area contributed by atoms with Crippen molar-refractivity contribution in [3.05, 3.63) is 75.0 Å². The Labute approximate surface area is 168 Å². The van der Waals surface area contributed by atoms with E-state index in [0.717, 1.165) is 20.9 Å². The maximum Gasteiger partial charge on any atom is 0.339 e. The van der Waals surface area contributed by atoms with Crippen LogP contribution in [0, 0.1) is 0 Å². The first kappa shape index (κ1) is 17.8. The van der Waals surface area contributed by atoms with E-state index >= 15 is 0 Å². The van der Waals surface area contributed by atoms with Gasteiger partial charge in [-0.3, -0.25) is 4.79 Å². The van der Waals surface area contributed by atoms with Crippen molar-refractivity contribution in [2.45, 2.75) is 6.42 Å². The van der Waals surface area contributed by atoms with Gasteiger partial charge in [-0.15, -0.1) is 0 Å². The Hall–Kier alpha value is -2.57. The van der Waals surface area contributed by atoms with E-state index in [9.17, 15) is 14.7 Å². The number of benzene rings is 2. The number of nitrogens with zero attached hydrogens (tertiary/aromatic N) is 1. The van der Waals surface area contributed by atoms with Crippen molar-refractivity contribution in [3.63, 3.8) is 0 Å². The predicted octanol–water partition coefficient (Wildman–Crippen LogP) is 4.71. The first-order valence-electron chi connectivity index (χ1n) is 8.26. The van der Waals surface area contributed by atoms with E-state index in [2.05, 4.69) is 20.9 Å². The molecule has 0 aliphatic carbocycles. The molecule has 27 heavy (non-hydrogen) atoms. The number of nitrogens with one attached hydrogen (secondary N) is 1. The average Bonchev–Trinajstić information content (AvgIpc) is 2.87. The van der Waals surface area contributed by atoms with Gasteiger partial charge in [0.2, 0.25) is 0 Å². The molecule has 0 unspecified atom stereocenters. The monoisotopic (exact) mass is 444 g/mol. The van der Waals surface area contributed by atoms with Crippen LogP contribution in [-0.4, -0.2) is 33.4 Å². The highest BCUT2D eigenvalue weighted by atomic mass is 79.9. The van der Waals surface area contributed by atoms with Gasteiger partial charge in [-0.05, 0) is 48.4 Å². The Morgan fingerprint density at radius 3 is 2.74 bits per heavy atom. The van der Waals surface area contributed by atoms with Crippen molar-refractivity contribution < 1.29 is 14.7 Å². The van der Waals surface area contributed by atoms with Crippen molar-refractivity contribution in [2.75, 3.05) is 6.54 Å². The number of hydrogen-bond donors (Lipinski definition) is 2. The lowest BCUT2D eigenvalue weighted by Gasteiger charge is -2.17. The number of amides is 1. The number of carboxylic acid groups (broad SMARTS) is 1. The minimum atomic E-state index is -1.09. The largest absolute Gasteiger partial charge is 0.478 e. The number of halogens is 2. The number of rotatable bonds is 2. The maximum absolute atomic E-state index is 12.9. The number of aliphatic carboxylic acids is 1. The number of aromatic nitrogens is 1. The van der Waals surface area contributed by atoms with Gasteiger partial charge >= 0.3 is 5.97 Å². The number of fused-ring (bicyclic) bond motifs is 3. The molecular formula is C20H14BrClN2O3. The van der Waals surface area contributed by atoms with Crippen LogP contribution in [0.2, 0.25) is 5.02 Å². The summed E-state index contributed by atoms with van der Waals surface area (Å²) >= 11 is 9.44. The molecule has 1 aromatic heterocycles. The Balaban J connectivity index is 1.81. The van der Waals surface area contributed by atoms with E-state index in [1.165, 1.54) is 11.1 Å². The average molecular weight is 446 g/mol. The van der Waals surface area contributed by atoms with E-state index < -0.39 is 5.97 Å². The zero-order valence-electron chi connectivity index (χ0n) is 14.0. The smallest absolute Gasteiger partial charge is 0.339 e. The van der Waals surface area contributed by atoms with Crippen LogP contribution in [0.5, 0.6) is 0 Å². The second-order valence-electron chi connectivity index (χ2n) is 6.28. The molecule has 0 saturated heterocycles. The van der Waals surface area contributed by atoms with Crippen LogP contribution >= 0.6 is 27.5 Å². The van der Waals surface area contributed by atoms with Crippen molar-refractivity contribution in [3.8, 4) is 0 Å². The molecule has 1 aliphatic heterocycles. The van der Waals surface area contributed by atoms with E-state index in [4.69, 9.17) is 11.6 Å². The molecule has 0 fully saturated rings. The standard InChI is InChI=1S/C20H14BrClN2O3/c21-12-4-5-17-15(9-12)14-6-7-24(10-16(20(26)27)18(14)23-17)19(25)11-2-1-3-13(22)8-11/h1-5,8-10,23H,6-7H2,(H,26,27). The lowest BCUT2D eigenvalue weighted by atomic mass is 10.0. The molecule has 136 valence electrons. The van der Waals surface area contributed by atoms with Crippen LogP contribution in [0.4, 0.5) is 0 Å². The Kier molecular flexibility index (Phi) is 4.53. The van der Waals surface area contributed by atoms with E-state index in [1.54, 1.807) is 24.3 Å². The summed E-state index contributed by atoms with van der Waals surface area (Å²) in [4.78, 5) is 29.4. The zero-order valence-corrected chi connectivity index (χ0v) is 16.3. The fourth-order valence-electron chi connectivity index (χ4n) is 3.34. The molecule has 2 heterocycles. The molecule has 0 atom stereocenters. The molecule has 0 saturated carbocycles. The molecule has 0 radical (unpaired) electrons. The van der Waals surface area contributed by atoms with Gasteiger partial charge in [-0.25, -0.2) is 4.79 Å². The summed E-state index contributed by atoms with van der Waals surface area (Å²) in [6, 6.07) is 12.4. The van der Waals surface area contributed by atoms with Crippen molar-refractivity contribution in [2.24, 2.45) is 0 Å². The topological polar surface area (TPSA) is 73.4 Å². The highest BCUT2D eigenvalue weighted by Gasteiger charge is 2.26. The first-order valence-corrected chi connectivity index (χ1v) is 9.43. The van der Waals surface area contributed by atoms with Crippen LogP contribution in [0.3, 0.4) is 0 Å². The summed E-state index contributed by atoms with van der Waals surface area (Å²) in [6.07, 6.45) is 1.94. The van der Waals surface area contributed by atoms with Gasteiger partial charge in [0.05, 0.1) is 11.3 Å². The van der Waals surface area contributed by atoms with Crippen LogP contribution < -0.4 is 0 Å². The minimum absolute atomic E-state index is 0.0604. The molecule has 3 aromatic rings. The van der Waals surface area contributed by atoms with Gasteiger partial charge in [-0.2, -0.15) is 0 Å².